The maximum absolute atomic E-state index is 12.7. The number of likely N-dealkylation sites (N-methyl/N-ethyl adjacent to an activating group) is 1. The lowest BCUT2D eigenvalue weighted by Gasteiger charge is -2.36. The Bertz CT molecular complexity index is 427. The summed E-state index contributed by atoms with van der Waals surface area (Å²) in [5.41, 5.74) is 5.40. The van der Waals surface area contributed by atoms with Gasteiger partial charge >= 0.3 is 6.09 Å². The smallest absolute Gasteiger partial charge is 0.411 e. The minimum absolute atomic E-state index is 0.00749. The van der Waals surface area contributed by atoms with Crippen molar-refractivity contribution in [2.45, 2.75) is 44.9 Å². The number of likely N-dealkylation sites (tertiary alicyclic amines) is 1. The topological polar surface area (TPSA) is 79.1 Å². The number of hydrogen-bond acceptors (Lipinski definition) is 5. The highest BCUT2D eigenvalue weighted by Gasteiger charge is 2.42. The second-order valence-electron chi connectivity index (χ2n) is 7.27. The van der Waals surface area contributed by atoms with Gasteiger partial charge in [0.05, 0.1) is 0 Å². The number of ether oxygens (including phenoxy) is 1. The molecule has 0 bridgehead atoms. The molecule has 0 aliphatic carbocycles. The average Bonchev–Trinajstić information content (AvgIpc) is 2.79. The van der Waals surface area contributed by atoms with Gasteiger partial charge in [-0.1, -0.05) is 0 Å². The molecule has 7 nitrogen and oxygen atoms in total. The first-order chi connectivity index (χ1) is 10.2. The van der Waals surface area contributed by atoms with E-state index in [-0.39, 0.29) is 11.9 Å². The Kier molecular flexibility index (Phi) is 4.97. The molecule has 126 valence electrons. The zero-order valence-corrected chi connectivity index (χ0v) is 14.0. The highest BCUT2D eigenvalue weighted by molar-refractivity contribution is 5.86. The molecule has 2 aliphatic rings. The minimum Gasteiger partial charge on any atom is -0.444 e. The summed E-state index contributed by atoms with van der Waals surface area (Å²) in [5, 5.41) is 0. The standard InChI is InChI=1S/C15H28N4O3/c1-15(2,3)22-14(21)19-10-11(16)9-12(19)13(20)18-7-5-17(4)6-8-18/h11-12H,5-10,16H2,1-4H3/t11-,12?/m0/s1. The van der Waals surface area contributed by atoms with E-state index in [0.29, 0.717) is 26.1 Å². The summed E-state index contributed by atoms with van der Waals surface area (Å²) in [7, 11) is 2.04. The molecule has 22 heavy (non-hydrogen) atoms. The molecular formula is C15H28N4O3. The maximum atomic E-state index is 12.7. The zero-order chi connectivity index (χ0) is 16.5. The number of nitrogens with two attached hydrogens (primary N) is 1. The predicted octanol–water partition coefficient (Wildman–Crippen LogP) is 0.0971. The summed E-state index contributed by atoms with van der Waals surface area (Å²) < 4.78 is 5.41. The van der Waals surface area contributed by atoms with E-state index < -0.39 is 17.7 Å². The van der Waals surface area contributed by atoms with Crippen LogP contribution in [0, 0.1) is 0 Å². The largest absolute Gasteiger partial charge is 0.444 e. The van der Waals surface area contributed by atoms with Crippen LogP contribution in [0.3, 0.4) is 0 Å². The Morgan fingerprint density at radius 2 is 1.73 bits per heavy atom. The van der Waals surface area contributed by atoms with Crippen LogP contribution in [-0.2, 0) is 9.53 Å². The van der Waals surface area contributed by atoms with Crippen LogP contribution in [0.4, 0.5) is 4.79 Å². The summed E-state index contributed by atoms with van der Waals surface area (Å²) in [4.78, 5) is 30.6. The van der Waals surface area contributed by atoms with Crippen LogP contribution in [0.15, 0.2) is 0 Å². The van der Waals surface area contributed by atoms with Crippen LogP contribution in [0.5, 0.6) is 0 Å². The molecule has 2 rings (SSSR count). The van der Waals surface area contributed by atoms with Crippen molar-refractivity contribution in [2.75, 3.05) is 39.8 Å². The lowest BCUT2D eigenvalue weighted by Crippen LogP contribution is -2.54. The van der Waals surface area contributed by atoms with Crippen LogP contribution in [0.2, 0.25) is 0 Å². The molecule has 7 heteroatoms. The third-order valence-corrected chi connectivity index (χ3v) is 4.06. The van der Waals surface area contributed by atoms with Crippen molar-refractivity contribution in [3.8, 4) is 0 Å². The van der Waals surface area contributed by atoms with E-state index >= 15 is 0 Å². The van der Waals surface area contributed by atoms with Crippen LogP contribution < -0.4 is 5.73 Å². The van der Waals surface area contributed by atoms with Crippen molar-refractivity contribution < 1.29 is 14.3 Å². The zero-order valence-electron chi connectivity index (χ0n) is 14.0. The summed E-state index contributed by atoms with van der Waals surface area (Å²) >= 11 is 0. The third kappa shape index (κ3) is 4.10. The van der Waals surface area contributed by atoms with E-state index in [2.05, 4.69) is 4.90 Å². The number of hydrogen-bond donors (Lipinski definition) is 1. The van der Waals surface area contributed by atoms with E-state index in [9.17, 15) is 9.59 Å². The van der Waals surface area contributed by atoms with Gasteiger partial charge in [0.1, 0.15) is 11.6 Å². The lowest BCUT2D eigenvalue weighted by atomic mass is 10.1. The van der Waals surface area contributed by atoms with Crippen molar-refractivity contribution in [3.63, 3.8) is 0 Å². The van der Waals surface area contributed by atoms with Crippen LogP contribution >= 0.6 is 0 Å². The molecule has 0 radical (unpaired) electrons. The van der Waals surface area contributed by atoms with Crippen LogP contribution in [0.1, 0.15) is 27.2 Å². The molecule has 0 aromatic carbocycles. The van der Waals surface area contributed by atoms with Crippen LogP contribution in [0.25, 0.3) is 0 Å². The number of piperazine rings is 1. The Morgan fingerprint density at radius 3 is 2.27 bits per heavy atom. The van der Waals surface area contributed by atoms with Gasteiger partial charge in [-0.3, -0.25) is 9.69 Å². The van der Waals surface area contributed by atoms with E-state index in [0.717, 1.165) is 13.1 Å². The molecule has 2 N–H and O–H groups in total. The molecule has 2 fully saturated rings. The Labute approximate surface area is 132 Å². The Hall–Kier alpha value is -1.34. The summed E-state index contributed by atoms with van der Waals surface area (Å²) in [5.74, 6) is -0.00749. The fraction of sp³-hybridized carbons (Fsp3) is 0.867. The van der Waals surface area contributed by atoms with Gasteiger partial charge in [0.2, 0.25) is 5.91 Å². The molecular weight excluding hydrogens is 284 g/mol. The van der Waals surface area contributed by atoms with Crippen molar-refractivity contribution in [1.82, 2.24) is 14.7 Å². The van der Waals surface area contributed by atoms with Crippen molar-refractivity contribution in [1.29, 1.82) is 0 Å². The number of amides is 2. The summed E-state index contributed by atoms with van der Waals surface area (Å²) in [6, 6.07) is -0.665. The fourth-order valence-electron chi connectivity index (χ4n) is 2.86. The molecule has 1 unspecified atom stereocenters. The molecule has 2 atom stereocenters. The van der Waals surface area contributed by atoms with E-state index in [1.165, 1.54) is 4.90 Å². The van der Waals surface area contributed by atoms with Gasteiger partial charge in [-0.05, 0) is 34.2 Å². The molecule has 0 aromatic heterocycles. The highest BCUT2D eigenvalue weighted by atomic mass is 16.6. The molecule has 2 amide bonds. The second kappa shape index (κ2) is 6.42. The minimum atomic E-state index is -0.578. The first-order valence-corrected chi connectivity index (χ1v) is 7.90. The predicted molar refractivity (Wildman–Crippen MR) is 83.4 cm³/mol. The first kappa shape index (κ1) is 17.0. The quantitative estimate of drug-likeness (QED) is 0.743. The maximum Gasteiger partial charge on any atom is 0.411 e. The van der Waals surface area contributed by atoms with Gasteiger partial charge in [0.15, 0.2) is 0 Å². The molecule has 2 aliphatic heterocycles. The Balaban J connectivity index is 2.04. The van der Waals surface area contributed by atoms with Gasteiger partial charge < -0.3 is 20.3 Å². The van der Waals surface area contributed by atoms with E-state index in [1.54, 1.807) is 0 Å². The molecule has 0 aromatic rings. The molecule has 0 saturated carbocycles. The summed E-state index contributed by atoms with van der Waals surface area (Å²) in [6.45, 7) is 8.94. The van der Waals surface area contributed by atoms with Crippen molar-refractivity contribution in [3.05, 3.63) is 0 Å². The highest BCUT2D eigenvalue weighted by Crippen LogP contribution is 2.22. The van der Waals surface area contributed by atoms with E-state index in [1.807, 2.05) is 32.7 Å². The fourth-order valence-corrected chi connectivity index (χ4v) is 2.86. The summed E-state index contributed by atoms with van der Waals surface area (Å²) in [6.07, 6.45) is 0.0534. The SMILES string of the molecule is CN1CCN(C(=O)C2C[C@H](N)CN2C(=O)OC(C)(C)C)CC1. The van der Waals surface area contributed by atoms with Gasteiger partial charge in [0.25, 0.3) is 0 Å². The third-order valence-electron chi connectivity index (χ3n) is 4.06. The van der Waals surface area contributed by atoms with Crippen LogP contribution in [-0.4, -0.2) is 84.2 Å². The van der Waals surface area contributed by atoms with Gasteiger partial charge in [-0.25, -0.2) is 4.79 Å². The van der Waals surface area contributed by atoms with E-state index in [4.69, 9.17) is 10.5 Å². The molecule has 2 saturated heterocycles. The van der Waals surface area contributed by atoms with Gasteiger partial charge in [0, 0.05) is 38.8 Å². The monoisotopic (exact) mass is 312 g/mol. The van der Waals surface area contributed by atoms with Gasteiger partial charge in [-0.2, -0.15) is 0 Å². The normalized spacial score (nSPS) is 27.1. The van der Waals surface area contributed by atoms with Crippen molar-refractivity contribution in [2.24, 2.45) is 5.73 Å². The first-order valence-electron chi connectivity index (χ1n) is 7.90. The molecule has 2 heterocycles. The van der Waals surface area contributed by atoms with Crippen molar-refractivity contribution >= 4 is 12.0 Å². The lowest BCUT2D eigenvalue weighted by molar-refractivity contribution is -0.137. The molecule has 0 spiro atoms. The number of carbonyl (C=O) groups is 2. The number of nitrogens with zero attached hydrogens (tertiary/aromatic N) is 3. The average molecular weight is 312 g/mol. The number of carbonyl (C=O) groups excluding carboxylic acids is 2. The Morgan fingerprint density at radius 1 is 1.14 bits per heavy atom. The number of rotatable bonds is 1. The van der Waals surface area contributed by atoms with Gasteiger partial charge in [-0.15, -0.1) is 0 Å². The second-order valence-corrected chi connectivity index (χ2v) is 7.27.